The molecule has 0 aliphatic carbocycles. The predicted molar refractivity (Wildman–Crippen MR) is 76.9 cm³/mol. The Morgan fingerprint density at radius 3 is 2.89 bits per heavy atom. The minimum atomic E-state index is 0.141. The van der Waals surface area contributed by atoms with Crippen LogP contribution in [0.1, 0.15) is 42.6 Å². The second-order valence-electron chi connectivity index (χ2n) is 5.10. The lowest BCUT2D eigenvalue weighted by Crippen LogP contribution is -2.35. The van der Waals surface area contributed by atoms with E-state index in [1.165, 1.54) is 17.7 Å². The van der Waals surface area contributed by atoms with Gasteiger partial charge in [-0.3, -0.25) is 4.79 Å². The van der Waals surface area contributed by atoms with Crippen LogP contribution in [0.4, 0.5) is 5.69 Å². The van der Waals surface area contributed by atoms with Gasteiger partial charge in [0.15, 0.2) is 5.78 Å². The number of carbonyl (C=O) groups is 1. The second-order valence-corrected chi connectivity index (χ2v) is 5.47. The van der Waals surface area contributed by atoms with Gasteiger partial charge in [-0.15, -0.1) is 11.6 Å². The van der Waals surface area contributed by atoms with Gasteiger partial charge in [0.1, 0.15) is 0 Å². The fourth-order valence-corrected chi connectivity index (χ4v) is 2.71. The van der Waals surface area contributed by atoms with Crippen LogP contribution in [0.2, 0.25) is 0 Å². The molecule has 2 rings (SSSR count). The lowest BCUT2D eigenvalue weighted by atomic mass is 9.97. The number of Topliss-reactive ketones (excluding diaryl/α,β-unsaturated/α-hetero) is 1. The summed E-state index contributed by atoms with van der Waals surface area (Å²) in [5.74, 6) is 0.533. The van der Waals surface area contributed by atoms with Gasteiger partial charge < -0.3 is 4.90 Å². The fraction of sp³-hybridized carbons (Fsp3) is 0.533. The van der Waals surface area contributed by atoms with E-state index in [2.05, 4.69) is 24.8 Å². The van der Waals surface area contributed by atoms with Gasteiger partial charge in [-0.05, 0) is 38.3 Å². The number of hydrogen-bond donors (Lipinski definition) is 0. The van der Waals surface area contributed by atoms with Gasteiger partial charge in [0, 0.05) is 36.1 Å². The van der Waals surface area contributed by atoms with Gasteiger partial charge in [0.25, 0.3) is 0 Å². The summed E-state index contributed by atoms with van der Waals surface area (Å²) in [5, 5.41) is 0. The molecule has 0 unspecified atom stereocenters. The van der Waals surface area contributed by atoms with E-state index >= 15 is 0 Å². The fourth-order valence-electron chi connectivity index (χ4n) is 2.54. The molecule has 18 heavy (non-hydrogen) atoms. The molecule has 0 atom stereocenters. The van der Waals surface area contributed by atoms with Crippen molar-refractivity contribution in [3.05, 3.63) is 29.3 Å². The summed E-state index contributed by atoms with van der Waals surface area (Å²) < 4.78 is 0. The van der Waals surface area contributed by atoms with Gasteiger partial charge in [0.05, 0.1) is 0 Å². The van der Waals surface area contributed by atoms with Gasteiger partial charge >= 0.3 is 0 Å². The Bertz CT molecular complexity index is 442. The van der Waals surface area contributed by atoms with Crippen LogP contribution in [0.5, 0.6) is 0 Å². The molecule has 0 bridgehead atoms. The molecule has 0 radical (unpaired) electrons. The molecule has 1 aliphatic heterocycles. The van der Waals surface area contributed by atoms with E-state index in [1.807, 2.05) is 12.1 Å². The molecule has 0 aromatic heterocycles. The van der Waals surface area contributed by atoms with Crippen LogP contribution in [-0.4, -0.2) is 24.2 Å². The maximum atomic E-state index is 11.9. The third-order valence-corrected chi connectivity index (χ3v) is 3.70. The molecule has 0 spiro atoms. The van der Waals surface area contributed by atoms with E-state index in [1.54, 1.807) is 0 Å². The summed E-state index contributed by atoms with van der Waals surface area (Å²) in [5.41, 5.74) is 3.39. The van der Waals surface area contributed by atoms with Gasteiger partial charge in [-0.2, -0.15) is 0 Å². The van der Waals surface area contributed by atoms with Crippen LogP contribution in [0, 0.1) is 0 Å². The second kappa shape index (κ2) is 5.75. The van der Waals surface area contributed by atoms with Gasteiger partial charge in [-0.25, -0.2) is 0 Å². The van der Waals surface area contributed by atoms with Crippen molar-refractivity contribution in [3.8, 4) is 0 Å². The molecule has 2 nitrogen and oxygen atoms in total. The summed E-state index contributed by atoms with van der Waals surface area (Å²) in [6, 6.07) is 6.56. The average molecular weight is 266 g/mol. The van der Waals surface area contributed by atoms with E-state index in [9.17, 15) is 4.79 Å². The molecule has 1 heterocycles. The molecule has 0 amide bonds. The SMILES string of the molecule is CC(C)N1CCCc2ccc(C(=O)CCCl)cc21. The van der Waals surface area contributed by atoms with E-state index in [-0.39, 0.29) is 5.78 Å². The van der Waals surface area contributed by atoms with Crippen molar-refractivity contribution < 1.29 is 4.79 Å². The number of carbonyl (C=O) groups excluding carboxylic acids is 1. The van der Waals surface area contributed by atoms with Crippen molar-refractivity contribution in [3.63, 3.8) is 0 Å². The van der Waals surface area contributed by atoms with Crippen LogP contribution < -0.4 is 4.90 Å². The summed E-state index contributed by atoms with van der Waals surface area (Å²) in [7, 11) is 0. The molecule has 1 aromatic carbocycles. The number of hydrogen-bond acceptors (Lipinski definition) is 2. The molecule has 0 saturated carbocycles. The Morgan fingerprint density at radius 1 is 1.44 bits per heavy atom. The zero-order valence-electron chi connectivity index (χ0n) is 11.1. The summed E-state index contributed by atoms with van der Waals surface area (Å²) >= 11 is 5.64. The monoisotopic (exact) mass is 265 g/mol. The first-order valence-electron chi connectivity index (χ1n) is 6.62. The van der Waals surface area contributed by atoms with Crippen molar-refractivity contribution in [2.75, 3.05) is 17.3 Å². The van der Waals surface area contributed by atoms with Crippen molar-refractivity contribution in [2.24, 2.45) is 0 Å². The highest BCUT2D eigenvalue weighted by Gasteiger charge is 2.20. The number of nitrogens with zero attached hydrogens (tertiary/aromatic N) is 1. The van der Waals surface area contributed by atoms with Crippen LogP contribution >= 0.6 is 11.6 Å². The van der Waals surface area contributed by atoms with E-state index in [0.717, 1.165) is 18.5 Å². The molecule has 98 valence electrons. The van der Waals surface area contributed by atoms with Crippen molar-refractivity contribution in [1.29, 1.82) is 0 Å². The van der Waals surface area contributed by atoms with E-state index in [0.29, 0.717) is 18.3 Å². The molecule has 0 saturated heterocycles. The van der Waals surface area contributed by atoms with Crippen LogP contribution in [0.25, 0.3) is 0 Å². The number of fused-ring (bicyclic) bond motifs is 1. The smallest absolute Gasteiger partial charge is 0.164 e. The Labute approximate surface area is 114 Å². The summed E-state index contributed by atoms with van der Waals surface area (Å²) in [4.78, 5) is 14.3. The highest BCUT2D eigenvalue weighted by Crippen LogP contribution is 2.30. The first kappa shape index (κ1) is 13.4. The highest BCUT2D eigenvalue weighted by atomic mass is 35.5. The third kappa shape index (κ3) is 2.69. The molecule has 1 aliphatic rings. The molecular formula is C15H20ClNO. The van der Waals surface area contributed by atoms with Crippen molar-refractivity contribution in [1.82, 2.24) is 0 Å². The largest absolute Gasteiger partial charge is 0.369 e. The lowest BCUT2D eigenvalue weighted by Gasteiger charge is -2.35. The normalized spacial score (nSPS) is 14.8. The molecule has 3 heteroatoms. The van der Waals surface area contributed by atoms with Gasteiger partial charge in [0.2, 0.25) is 0 Å². The number of alkyl halides is 1. The number of rotatable bonds is 4. The predicted octanol–water partition coefficient (Wildman–Crippen LogP) is 3.66. The summed E-state index contributed by atoms with van der Waals surface area (Å²) in [6.45, 7) is 5.47. The lowest BCUT2D eigenvalue weighted by molar-refractivity contribution is 0.0989. The van der Waals surface area contributed by atoms with E-state index < -0.39 is 0 Å². The minimum Gasteiger partial charge on any atom is -0.369 e. The average Bonchev–Trinajstić information content (AvgIpc) is 2.37. The van der Waals surface area contributed by atoms with Crippen LogP contribution in [0.15, 0.2) is 18.2 Å². The van der Waals surface area contributed by atoms with Gasteiger partial charge in [-0.1, -0.05) is 12.1 Å². The Kier molecular flexibility index (Phi) is 4.28. The zero-order valence-corrected chi connectivity index (χ0v) is 11.8. The number of aryl methyl sites for hydroxylation is 1. The number of halogens is 1. The summed E-state index contributed by atoms with van der Waals surface area (Å²) in [6.07, 6.45) is 2.73. The van der Waals surface area contributed by atoms with Crippen LogP contribution in [0.3, 0.4) is 0 Å². The molecule has 1 aromatic rings. The molecule has 0 N–H and O–H groups in total. The first-order valence-corrected chi connectivity index (χ1v) is 7.15. The first-order chi connectivity index (χ1) is 8.63. The zero-order chi connectivity index (χ0) is 13.1. The maximum Gasteiger partial charge on any atom is 0.164 e. The third-order valence-electron chi connectivity index (χ3n) is 3.51. The topological polar surface area (TPSA) is 20.3 Å². The molecular weight excluding hydrogens is 246 g/mol. The van der Waals surface area contributed by atoms with Crippen molar-refractivity contribution in [2.45, 2.75) is 39.2 Å². The molecule has 0 fully saturated rings. The van der Waals surface area contributed by atoms with Crippen LogP contribution in [-0.2, 0) is 6.42 Å². The minimum absolute atomic E-state index is 0.141. The highest BCUT2D eigenvalue weighted by molar-refractivity contribution is 6.19. The Morgan fingerprint density at radius 2 is 2.22 bits per heavy atom. The van der Waals surface area contributed by atoms with E-state index in [4.69, 9.17) is 11.6 Å². The number of benzene rings is 1. The number of anilines is 1. The van der Waals surface area contributed by atoms with Crippen molar-refractivity contribution >= 4 is 23.1 Å². The standard InChI is InChI=1S/C15H20ClNO/c1-11(2)17-9-3-4-12-5-6-13(10-14(12)17)15(18)7-8-16/h5-6,10-11H,3-4,7-9H2,1-2H3. The Balaban J connectivity index is 2.33. The maximum absolute atomic E-state index is 11.9. The number of ketones is 1. The Hall–Kier alpha value is -1.02. The quantitative estimate of drug-likeness (QED) is 0.612.